The molecule has 126 valence electrons. The van der Waals surface area contributed by atoms with Crippen molar-refractivity contribution in [3.05, 3.63) is 65.7 Å². The van der Waals surface area contributed by atoms with Gasteiger partial charge < -0.3 is 4.74 Å². The number of carbonyl (C=O) groups excluding carboxylic acids is 2. The third kappa shape index (κ3) is 2.94. The van der Waals surface area contributed by atoms with Gasteiger partial charge >= 0.3 is 0 Å². The highest BCUT2D eigenvalue weighted by Crippen LogP contribution is 2.38. The molecule has 2 atom stereocenters. The van der Waals surface area contributed by atoms with E-state index in [4.69, 9.17) is 16.3 Å². The van der Waals surface area contributed by atoms with Crippen LogP contribution in [0.1, 0.15) is 12.8 Å². The Bertz CT molecular complexity index is 816. The van der Waals surface area contributed by atoms with Crippen molar-refractivity contribution in [1.82, 2.24) is 0 Å². The number of allylic oxidation sites excluding steroid dienone is 2. The molecule has 2 aromatic carbocycles. The summed E-state index contributed by atoms with van der Waals surface area (Å²) in [7, 11) is 0. The van der Waals surface area contributed by atoms with Crippen LogP contribution in [0.4, 0.5) is 5.69 Å². The van der Waals surface area contributed by atoms with E-state index in [1.54, 1.807) is 48.5 Å². The van der Waals surface area contributed by atoms with Gasteiger partial charge in [0.2, 0.25) is 11.8 Å². The van der Waals surface area contributed by atoms with E-state index in [2.05, 4.69) is 0 Å². The van der Waals surface area contributed by atoms with Crippen LogP contribution in [0.15, 0.2) is 60.7 Å². The van der Waals surface area contributed by atoms with Gasteiger partial charge in [0.25, 0.3) is 0 Å². The summed E-state index contributed by atoms with van der Waals surface area (Å²) in [6, 6.07) is 14.1. The van der Waals surface area contributed by atoms with Crippen molar-refractivity contribution < 1.29 is 14.3 Å². The van der Waals surface area contributed by atoms with E-state index >= 15 is 0 Å². The minimum Gasteiger partial charge on any atom is -0.457 e. The zero-order valence-electron chi connectivity index (χ0n) is 13.4. The molecule has 2 aromatic rings. The van der Waals surface area contributed by atoms with Crippen molar-refractivity contribution >= 4 is 29.1 Å². The van der Waals surface area contributed by atoms with Gasteiger partial charge in [-0.25, -0.2) is 0 Å². The van der Waals surface area contributed by atoms with Crippen molar-refractivity contribution in [3.8, 4) is 11.5 Å². The molecule has 0 aromatic heterocycles. The molecule has 1 aliphatic heterocycles. The topological polar surface area (TPSA) is 46.6 Å². The van der Waals surface area contributed by atoms with Gasteiger partial charge in [0, 0.05) is 5.02 Å². The fourth-order valence-electron chi connectivity index (χ4n) is 3.36. The minimum atomic E-state index is -0.220. The zero-order valence-corrected chi connectivity index (χ0v) is 14.1. The fraction of sp³-hybridized carbons (Fsp3) is 0.200. The molecule has 5 heteroatoms. The number of nitrogens with zero attached hydrogens (tertiary/aromatic N) is 1. The number of anilines is 1. The second-order valence-electron chi connectivity index (χ2n) is 6.22. The number of halogens is 1. The molecule has 1 aliphatic carbocycles. The molecular formula is C20H16ClNO3. The van der Waals surface area contributed by atoms with Crippen LogP contribution in [-0.2, 0) is 9.59 Å². The van der Waals surface area contributed by atoms with E-state index < -0.39 is 0 Å². The summed E-state index contributed by atoms with van der Waals surface area (Å²) >= 11 is 5.86. The molecule has 25 heavy (non-hydrogen) atoms. The fourth-order valence-corrected chi connectivity index (χ4v) is 3.48. The number of carbonyl (C=O) groups is 2. The van der Waals surface area contributed by atoms with Gasteiger partial charge in [-0.1, -0.05) is 23.8 Å². The van der Waals surface area contributed by atoms with Crippen LogP contribution in [0.2, 0.25) is 5.02 Å². The summed E-state index contributed by atoms with van der Waals surface area (Å²) in [6.45, 7) is 0. The lowest BCUT2D eigenvalue weighted by atomic mass is 9.85. The van der Waals surface area contributed by atoms with Crippen molar-refractivity contribution in [2.24, 2.45) is 11.8 Å². The number of rotatable bonds is 3. The Kier molecular flexibility index (Phi) is 4.06. The van der Waals surface area contributed by atoms with Gasteiger partial charge in [-0.15, -0.1) is 0 Å². The first-order chi connectivity index (χ1) is 12.1. The number of benzene rings is 2. The molecule has 1 saturated heterocycles. The highest BCUT2D eigenvalue weighted by atomic mass is 35.5. The van der Waals surface area contributed by atoms with Crippen molar-refractivity contribution in [2.45, 2.75) is 12.8 Å². The Hall–Kier alpha value is -2.59. The highest BCUT2D eigenvalue weighted by Gasteiger charge is 2.47. The third-order valence-electron chi connectivity index (χ3n) is 4.65. The number of hydrogen-bond donors (Lipinski definition) is 0. The summed E-state index contributed by atoms with van der Waals surface area (Å²) in [5, 5.41) is 0.643. The molecule has 0 radical (unpaired) electrons. The van der Waals surface area contributed by atoms with Crippen LogP contribution < -0.4 is 9.64 Å². The lowest BCUT2D eigenvalue weighted by Crippen LogP contribution is -2.30. The maximum atomic E-state index is 12.6. The maximum Gasteiger partial charge on any atom is 0.238 e. The summed E-state index contributed by atoms with van der Waals surface area (Å²) in [6.07, 6.45) is 5.25. The Morgan fingerprint density at radius 3 is 1.80 bits per heavy atom. The first kappa shape index (κ1) is 15.9. The van der Waals surface area contributed by atoms with Crippen LogP contribution in [0.25, 0.3) is 0 Å². The van der Waals surface area contributed by atoms with E-state index in [0.29, 0.717) is 35.1 Å². The Morgan fingerprint density at radius 1 is 0.800 bits per heavy atom. The van der Waals surface area contributed by atoms with Crippen LogP contribution >= 0.6 is 11.6 Å². The molecule has 0 spiro atoms. The zero-order chi connectivity index (χ0) is 17.4. The van der Waals surface area contributed by atoms with E-state index in [0.717, 1.165) is 0 Å². The van der Waals surface area contributed by atoms with E-state index in [9.17, 15) is 9.59 Å². The number of amides is 2. The molecule has 0 unspecified atom stereocenters. The molecule has 4 nitrogen and oxygen atoms in total. The number of imide groups is 1. The lowest BCUT2D eigenvalue weighted by Gasteiger charge is -2.15. The maximum absolute atomic E-state index is 12.6. The minimum absolute atomic E-state index is 0.106. The molecule has 0 saturated carbocycles. The van der Waals surface area contributed by atoms with Gasteiger partial charge in [-0.3, -0.25) is 14.5 Å². The van der Waals surface area contributed by atoms with Crippen LogP contribution in [-0.4, -0.2) is 11.8 Å². The lowest BCUT2D eigenvalue weighted by molar-refractivity contribution is -0.122. The number of ether oxygens (including phenoxy) is 1. The predicted octanol–water partition coefficient (Wildman–Crippen LogP) is 4.59. The van der Waals surface area contributed by atoms with E-state index in [1.165, 1.54) is 4.90 Å². The molecule has 0 bridgehead atoms. The van der Waals surface area contributed by atoms with Crippen LogP contribution in [0.5, 0.6) is 11.5 Å². The molecular weight excluding hydrogens is 338 g/mol. The van der Waals surface area contributed by atoms with Gasteiger partial charge in [-0.2, -0.15) is 0 Å². The molecule has 1 heterocycles. The second-order valence-corrected chi connectivity index (χ2v) is 6.65. The van der Waals surface area contributed by atoms with Crippen LogP contribution in [0.3, 0.4) is 0 Å². The monoisotopic (exact) mass is 353 g/mol. The Balaban J connectivity index is 1.53. The standard InChI is InChI=1S/C20H16ClNO3/c21-13-5-9-15(10-6-13)25-16-11-7-14(8-12-16)22-19(23)17-3-1-2-4-18(17)20(22)24/h1-2,5-12,17-18H,3-4H2/t17-,18+. The smallest absolute Gasteiger partial charge is 0.238 e. The highest BCUT2D eigenvalue weighted by molar-refractivity contribution is 6.30. The summed E-state index contributed by atoms with van der Waals surface area (Å²) < 4.78 is 5.74. The van der Waals surface area contributed by atoms with Crippen molar-refractivity contribution in [2.75, 3.05) is 4.90 Å². The normalized spacial score (nSPS) is 22.2. The van der Waals surface area contributed by atoms with Gasteiger partial charge in [0.1, 0.15) is 11.5 Å². The van der Waals surface area contributed by atoms with Gasteiger partial charge in [0.05, 0.1) is 17.5 Å². The Morgan fingerprint density at radius 2 is 1.28 bits per heavy atom. The predicted molar refractivity (Wildman–Crippen MR) is 95.8 cm³/mol. The molecule has 2 aliphatic rings. The molecule has 2 amide bonds. The van der Waals surface area contributed by atoms with Crippen molar-refractivity contribution in [3.63, 3.8) is 0 Å². The summed E-state index contributed by atoms with van der Waals surface area (Å²) in [4.78, 5) is 26.5. The molecule has 4 rings (SSSR count). The second kappa shape index (κ2) is 6.37. The summed E-state index contributed by atoms with van der Waals surface area (Å²) in [5.74, 6) is 0.647. The van der Waals surface area contributed by atoms with E-state index in [1.807, 2.05) is 12.2 Å². The van der Waals surface area contributed by atoms with Crippen molar-refractivity contribution in [1.29, 1.82) is 0 Å². The molecule has 0 N–H and O–H groups in total. The van der Waals surface area contributed by atoms with Gasteiger partial charge in [-0.05, 0) is 61.4 Å². The van der Waals surface area contributed by atoms with Crippen LogP contribution in [0, 0.1) is 11.8 Å². The number of fused-ring (bicyclic) bond motifs is 1. The average molecular weight is 354 g/mol. The summed E-state index contributed by atoms with van der Waals surface area (Å²) in [5.41, 5.74) is 0.591. The number of hydrogen-bond acceptors (Lipinski definition) is 3. The first-order valence-electron chi connectivity index (χ1n) is 8.20. The largest absolute Gasteiger partial charge is 0.457 e. The van der Waals surface area contributed by atoms with E-state index in [-0.39, 0.29) is 23.7 Å². The SMILES string of the molecule is O=C1[C@H]2CC=CC[C@H]2C(=O)N1c1ccc(Oc2ccc(Cl)cc2)cc1. The first-order valence-corrected chi connectivity index (χ1v) is 8.57. The van der Waals surface area contributed by atoms with Gasteiger partial charge in [0.15, 0.2) is 0 Å². The molecule has 1 fully saturated rings. The Labute approximate surface area is 150 Å². The quantitative estimate of drug-likeness (QED) is 0.599. The average Bonchev–Trinajstić information content (AvgIpc) is 2.89. The third-order valence-corrected chi connectivity index (χ3v) is 4.90.